The molecule has 0 atom stereocenters. The number of benzene rings is 2. The van der Waals surface area contributed by atoms with Gasteiger partial charge in [-0.3, -0.25) is 14.5 Å². The summed E-state index contributed by atoms with van der Waals surface area (Å²) in [6, 6.07) is 15.0. The molecule has 1 heterocycles. The molecule has 0 saturated carbocycles. The molecule has 0 bridgehead atoms. The number of carbonyl (C=O) groups excluding carboxylic acids is 2. The first kappa shape index (κ1) is 20.3. The number of aromatic nitrogens is 1. The van der Waals surface area contributed by atoms with Gasteiger partial charge < -0.3 is 11.1 Å². The van der Waals surface area contributed by atoms with Gasteiger partial charge in [-0.1, -0.05) is 30.3 Å². The number of urea groups is 1. The van der Waals surface area contributed by atoms with Gasteiger partial charge in [-0.25, -0.2) is 9.18 Å². The molecule has 0 radical (unpaired) electrons. The zero-order chi connectivity index (χ0) is 20.8. The van der Waals surface area contributed by atoms with E-state index in [-0.39, 0.29) is 18.1 Å². The molecule has 0 aliphatic heterocycles. The van der Waals surface area contributed by atoms with E-state index in [1.54, 1.807) is 18.3 Å². The van der Waals surface area contributed by atoms with Crippen LogP contribution < -0.4 is 15.8 Å². The lowest BCUT2D eigenvalue weighted by atomic mass is 10.0. The number of rotatable bonds is 6. The molecule has 0 fully saturated rings. The van der Waals surface area contributed by atoms with Gasteiger partial charge in [0, 0.05) is 16.7 Å². The van der Waals surface area contributed by atoms with Crippen LogP contribution in [0.2, 0.25) is 0 Å². The number of nitrogens with two attached hydrogens (primary N) is 1. The van der Waals surface area contributed by atoms with Gasteiger partial charge in [-0.05, 0) is 54.3 Å². The van der Waals surface area contributed by atoms with Crippen LogP contribution >= 0.6 is 11.9 Å². The lowest BCUT2D eigenvalue weighted by Gasteiger charge is -2.12. The number of halogens is 1. The summed E-state index contributed by atoms with van der Waals surface area (Å²) in [7, 11) is 0. The van der Waals surface area contributed by atoms with E-state index in [4.69, 9.17) is 5.73 Å². The van der Waals surface area contributed by atoms with Crippen molar-refractivity contribution >= 4 is 23.9 Å². The molecular formula is C21H19FN4O2S. The van der Waals surface area contributed by atoms with Gasteiger partial charge in [0.25, 0.3) is 5.91 Å². The monoisotopic (exact) mass is 410 g/mol. The molecule has 148 valence electrons. The van der Waals surface area contributed by atoms with Crippen molar-refractivity contribution in [3.05, 3.63) is 83.4 Å². The smallest absolute Gasteiger partial charge is 0.325 e. The molecule has 8 heteroatoms. The van der Waals surface area contributed by atoms with E-state index in [1.165, 1.54) is 30.1 Å². The third-order valence-electron chi connectivity index (χ3n) is 4.20. The molecule has 1 aromatic heterocycles. The number of pyridine rings is 1. The Bertz CT molecular complexity index is 1060. The van der Waals surface area contributed by atoms with Crippen molar-refractivity contribution in [2.75, 3.05) is 0 Å². The summed E-state index contributed by atoms with van der Waals surface area (Å²) >= 11 is 1.22. The number of nitrogens with zero attached hydrogens (tertiary/aromatic N) is 1. The minimum absolute atomic E-state index is 0.152. The second-order valence-corrected chi connectivity index (χ2v) is 7.06. The van der Waals surface area contributed by atoms with Crippen LogP contribution in [0.15, 0.2) is 65.7 Å². The molecule has 0 aliphatic rings. The van der Waals surface area contributed by atoms with E-state index in [2.05, 4.69) is 15.0 Å². The molecule has 29 heavy (non-hydrogen) atoms. The lowest BCUT2D eigenvalue weighted by molar-refractivity contribution is 0.0996. The Labute approximate surface area is 171 Å². The summed E-state index contributed by atoms with van der Waals surface area (Å²) in [5.74, 6) is -1.53. The highest BCUT2D eigenvalue weighted by Crippen LogP contribution is 2.24. The van der Waals surface area contributed by atoms with Crippen molar-refractivity contribution in [3.63, 3.8) is 0 Å². The van der Waals surface area contributed by atoms with Crippen LogP contribution in [0.5, 0.6) is 0 Å². The van der Waals surface area contributed by atoms with Gasteiger partial charge in [-0.15, -0.1) is 0 Å². The zero-order valence-electron chi connectivity index (χ0n) is 15.6. The predicted molar refractivity (Wildman–Crippen MR) is 111 cm³/mol. The first-order valence-electron chi connectivity index (χ1n) is 8.75. The van der Waals surface area contributed by atoms with E-state index < -0.39 is 11.7 Å². The Morgan fingerprint density at radius 1 is 1.14 bits per heavy atom. The Morgan fingerprint density at radius 3 is 2.69 bits per heavy atom. The molecule has 3 rings (SSSR count). The Hall–Kier alpha value is -3.39. The largest absolute Gasteiger partial charge is 0.366 e. The molecule has 4 N–H and O–H groups in total. The topological polar surface area (TPSA) is 97.1 Å². The molecule has 0 spiro atoms. The Morgan fingerprint density at radius 2 is 1.93 bits per heavy atom. The number of carbonyl (C=O) groups is 2. The van der Waals surface area contributed by atoms with Crippen molar-refractivity contribution in [3.8, 4) is 11.1 Å². The van der Waals surface area contributed by atoms with Gasteiger partial charge in [0.05, 0.1) is 17.8 Å². The van der Waals surface area contributed by atoms with Crippen molar-refractivity contribution in [1.29, 1.82) is 0 Å². The molecule has 2 aromatic carbocycles. The fourth-order valence-corrected chi connectivity index (χ4v) is 3.35. The highest BCUT2D eigenvalue weighted by Gasteiger charge is 2.13. The van der Waals surface area contributed by atoms with Crippen LogP contribution in [-0.2, 0) is 6.54 Å². The normalized spacial score (nSPS) is 10.4. The quantitative estimate of drug-likeness (QED) is 0.539. The number of hydrogen-bond donors (Lipinski definition) is 3. The van der Waals surface area contributed by atoms with Crippen LogP contribution in [0.4, 0.5) is 9.18 Å². The Balaban J connectivity index is 1.70. The third-order valence-corrected chi connectivity index (χ3v) is 5.16. The van der Waals surface area contributed by atoms with Gasteiger partial charge >= 0.3 is 6.03 Å². The fourth-order valence-electron chi connectivity index (χ4n) is 2.70. The summed E-state index contributed by atoms with van der Waals surface area (Å²) in [4.78, 5) is 28.8. The average molecular weight is 410 g/mol. The zero-order valence-corrected chi connectivity index (χ0v) is 16.4. The minimum atomic E-state index is -0.847. The molecule has 0 saturated heterocycles. The minimum Gasteiger partial charge on any atom is -0.366 e. The lowest BCUT2D eigenvalue weighted by Crippen LogP contribution is -2.31. The van der Waals surface area contributed by atoms with Crippen LogP contribution in [0.25, 0.3) is 11.1 Å². The summed E-state index contributed by atoms with van der Waals surface area (Å²) in [6.07, 6.45) is 1.60. The van der Waals surface area contributed by atoms with E-state index in [9.17, 15) is 14.0 Å². The predicted octanol–water partition coefficient (Wildman–Crippen LogP) is 3.80. The third kappa shape index (κ3) is 5.11. The van der Waals surface area contributed by atoms with Crippen LogP contribution in [-0.4, -0.2) is 16.9 Å². The van der Waals surface area contributed by atoms with Crippen LogP contribution in [0.1, 0.15) is 21.6 Å². The maximum atomic E-state index is 13.8. The van der Waals surface area contributed by atoms with Crippen molar-refractivity contribution in [1.82, 2.24) is 15.0 Å². The fraction of sp³-hybridized carbons (Fsp3) is 0.0952. The molecule has 0 unspecified atom stereocenters. The highest BCUT2D eigenvalue weighted by molar-refractivity contribution is 7.98. The first-order chi connectivity index (χ1) is 14.0. The molecular weight excluding hydrogens is 391 g/mol. The SMILES string of the molecule is Cc1ccccc1SNC(=O)NCc1ncccc1-c1ccc(F)c(C(N)=O)c1. The van der Waals surface area contributed by atoms with Crippen LogP contribution in [0.3, 0.4) is 0 Å². The first-order valence-corrected chi connectivity index (χ1v) is 9.57. The number of aryl methyl sites for hydroxylation is 1. The van der Waals surface area contributed by atoms with Gasteiger partial charge in [-0.2, -0.15) is 0 Å². The summed E-state index contributed by atoms with van der Waals surface area (Å²) in [5.41, 5.74) is 7.92. The highest BCUT2D eigenvalue weighted by atomic mass is 32.2. The number of amides is 3. The molecule has 0 aliphatic carbocycles. The van der Waals surface area contributed by atoms with Crippen molar-refractivity contribution in [2.24, 2.45) is 5.73 Å². The molecule has 3 aromatic rings. The van der Waals surface area contributed by atoms with E-state index >= 15 is 0 Å². The standard InChI is InChI=1S/C21H19FN4O2S/c1-13-5-2-3-7-19(13)29-26-21(28)25-12-18-15(6-4-10-24-18)14-8-9-17(22)16(11-14)20(23)27/h2-11H,12H2,1H3,(H2,23,27)(H2,25,26,28). The summed E-state index contributed by atoms with van der Waals surface area (Å²) in [5, 5.41) is 2.75. The van der Waals surface area contributed by atoms with Gasteiger partial charge in [0.2, 0.25) is 0 Å². The van der Waals surface area contributed by atoms with E-state index in [1.807, 2.05) is 31.2 Å². The van der Waals surface area contributed by atoms with E-state index in [0.717, 1.165) is 10.5 Å². The van der Waals surface area contributed by atoms with Crippen molar-refractivity contribution in [2.45, 2.75) is 18.4 Å². The maximum Gasteiger partial charge on any atom is 0.325 e. The van der Waals surface area contributed by atoms with Crippen LogP contribution in [0, 0.1) is 12.7 Å². The van der Waals surface area contributed by atoms with Gasteiger partial charge in [0.15, 0.2) is 0 Å². The summed E-state index contributed by atoms with van der Waals surface area (Å²) in [6.45, 7) is 2.12. The van der Waals surface area contributed by atoms with Crippen molar-refractivity contribution < 1.29 is 14.0 Å². The molecule has 3 amide bonds. The van der Waals surface area contributed by atoms with Gasteiger partial charge in [0.1, 0.15) is 5.82 Å². The molecule has 6 nitrogen and oxygen atoms in total. The summed E-state index contributed by atoms with van der Waals surface area (Å²) < 4.78 is 16.5. The van der Waals surface area contributed by atoms with E-state index in [0.29, 0.717) is 16.8 Å². The second-order valence-electron chi connectivity index (χ2n) is 6.21. The number of nitrogens with one attached hydrogen (secondary N) is 2. The number of hydrogen-bond acceptors (Lipinski definition) is 4. The maximum absolute atomic E-state index is 13.8. The Kier molecular flexibility index (Phi) is 6.46. The second kappa shape index (κ2) is 9.20. The average Bonchev–Trinajstić information content (AvgIpc) is 2.72. The number of primary amides is 1.